The van der Waals surface area contributed by atoms with Crippen LogP contribution in [0.25, 0.3) is 22.2 Å². The zero-order valence-electron chi connectivity index (χ0n) is 17.4. The van der Waals surface area contributed by atoms with Gasteiger partial charge in [-0.1, -0.05) is 18.2 Å². The predicted octanol–water partition coefficient (Wildman–Crippen LogP) is 3.44. The number of aryl methyl sites for hydroxylation is 1. The maximum Gasteiger partial charge on any atom is 0.345 e. The average Bonchev–Trinajstić information content (AvgIpc) is 3.24. The van der Waals surface area contributed by atoms with Gasteiger partial charge < -0.3 is 19.8 Å². The minimum Gasteiger partial charge on any atom is -0.506 e. The van der Waals surface area contributed by atoms with E-state index in [1.54, 1.807) is 0 Å². The molecule has 0 radical (unpaired) electrons. The molecule has 2 aliphatic rings. The molecule has 8 heteroatoms. The van der Waals surface area contributed by atoms with E-state index in [2.05, 4.69) is 33.6 Å². The smallest absolute Gasteiger partial charge is 0.345 e. The number of hydrogen-bond donors (Lipinski definition) is 3. The van der Waals surface area contributed by atoms with E-state index >= 15 is 0 Å². The number of fused-ring (bicyclic) bond motifs is 5. The Labute approximate surface area is 185 Å². The van der Waals surface area contributed by atoms with Crippen molar-refractivity contribution in [2.75, 3.05) is 13.1 Å². The molecule has 31 heavy (non-hydrogen) atoms. The number of carbonyl (C=O) groups is 1. The third kappa shape index (κ3) is 3.32. The Bertz CT molecular complexity index is 1240. The zero-order chi connectivity index (χ0) is 21.0. The quantitative estimate of drug-likeness (QED) is 0.576. The summed E-state index contributed by atoms with van der Waals surface area (Å²) in [4.78, 5) is 29.3. The zero-order valence-corrected chi connectivity index (χ0v) is 18.2. The number of pyridine rings is 1. The molecule has 1 saturated heterocycles. The maximum atomic E-state index is 12.5. The lowest BCUT2D eigenvalue weighted by molar-refractivity contribution is 0.0691. The highest BCUT2D eigenvalue weighted by Crippen LogP contribution is 2.42. The number of aromatic amines is 1. The molecule has 5 rings (SSSR count). The van der Waals surface area contributed by atoms with Crippen molar-refractivity contribution in [3.8, 4) is 17.0 Å². The Balaban J connectivity index is 0.00000231. The standard InChI is InChI=1S/C23H25N3O4.ClH/c1-25-16-9-5-8-15-19(24-22(28)18(21(15)27)23(29)30)17(16)14-7-4-6-13(20(14)25)12-26-10-2-3-11-26;/h4,6-7H,2-3,5,8-12H2,1H3,(H,29,30)(H2,24,27,28);1H. The van der Waals surface area contributed by atoms with Crippen molar-refractivity contribution in [1.82, 2.24) is 14.5 Å². The fourth-order valence-electron chi connectivity index (χ4n) is 5.24. The molecule has 1 aromatic carbocycles. The van der Waals surface area contributed by atoms with E-state index in [0.717, 1.165) is 54.6 Å². The summed E-state index contributed by atoms with van der Waals surface area (Å²) < 4.78 is 2.21. The molecule has 1 aliphatic carbocycles. The van der Waals surface area contributed by atoms with Crippen LogP contribution in [0.4, 0.5) is 0 Å². The van der Waals surface area contributed by atoms with Gasteiger partial charge >= 0.3 is 5.97 Å². The number of aromatic hydroxyl groups is 1. The van der Waals surface area contributed by atoms with Crippen LogP contribution >= 0.6 is 12.4 Å². The Kier molecular flexibility index (Phi) is 5.58. The van der Waals surface area contributed by atoms with Gasteiger partial charge in [0.25, 0.3) is 5.56 Å². The second-order valence-corrected chi connectivity index (χ2v) is 8.37. The van der Waals surface area contributed by atoms with Crippen molar-refractivity contribution in [2.45, 2.75) is 38.6 Å². The van der Waals surface area contributed by atoms with E-state index < -0.39 is 22.8 Å². The van der Waals surface area contributed by atoms with Gasteiger partial charge in [0.1, 0.15) is 5.75 Å². The molecule has 0 unspecified atom stereocenters. The molecule has 3 aromatic rings. The molecule has 2 aromatic heterocycles. The Morgan fingerprint density at radius 2 is 1.90 bits per heavy atom. The number of benzene rings is 1. The van der Waals surface area contributed by atoms with Crippen molar-refractivity contribution in [1.29, 1.82) is 0 Å². The molecule has 0 bridgehead atoms. The number of nitrogens with one attached hydrogen (secondary N) is 1. The molecule has 1 aliphatic heterocycles. The summed E-state index contributed by atoms with van der Waals surface area (Å²) >= 11 is 0. The molecule has 0 spiro atoms. The van der Waals surface area contributed by atoms with Gasteiger partial charge in [0.05, 0.1) is 11.2 Å². The summed E-state index contributed by atoms with van der Waals surface area (Å²) in [7, 11) is 2.06. The number of halogens is 1. The van der Waals surface area contributed by atoms with Gasteiger partial charge in [-0.2, -0.15) is 0 Å². The molecule has 0 atom stereocenters. The van der Waals surface area contributed by atoms with E-state index in [1.807, 2.05) is 6.07 Å². The van der Waals surface area contributed by atoms with Gasteiger partial charge in [0, 0.05) is 35.8 Å². The van der Waals surface area contributed by atoms with Gasteiger partial charge in [-0.3, -0.25) is 9.69 Å². The molecule has 0 amide bonds. The number of hydrogen-bond acceptors (Lipinski definition) is 4. The molecule has 0 saturated carbocycles. The molecule has 164 valence electrons. The van der Waals surface area contributed by atoms with Crippen LogP contribution in [0, 0.1) is 0 Å². The first-order valence-corrected chi connectivity index (χ1v) is 10.5. The number of likely N-dealkylation sites (tertiary alicyclic amines) is 1. The first kappa shape index (κ1) is 21.5. The first-order valence-electron chi connectivity index (χ1n) is 10.5. The second-order valence-electron chi connectivity index (χ2n) is 8.37. The number of rotatable bonds is 3. The van der Waals surface area contributed by atoms with Gasteiger partial charge in [-0.25, -0.2) is 4.79 Å². The summed E-state index contributed by atoms with van der Waals surface area (Å²) in [6.07, 6.45) is 4.55. The van der Waals surface area contributed by atoms with E-state index in [0.29, 0.717) is 17.7 Å². The van der Waals surface area contributed by atoms with Crippen LogP contribution in [-0.2, 0) is 26.4 Å². The number of aromatic carboxylic acids is 1. The minimum absolute atomic E-state index is 0. The van der Waals surface area contributed by atoms with Crippen molar-refractivity contribution >= 4 is 29.3 Å². The highest BCUT2D eigenvalue weighted by Gasteiger charge is 2.29. The Hall–Kier alpha value is -2.77. The highest BCUT2D eigenvalue weighted by molar-refractivity contribution is 6.01. The third-order valence-corrected chi connectivity index (χ3v) is 6.60. The van der Waals surface area contributed by atoms with Crippen molar-refractivity contribution in [2.24, 2.45) is 7.05 Å². The molecule has 7 nitrogen and oxygen atoms in total. The summed E-state index contributed by atoms with van der Waals surface area (Å²) in [5, 5.41) is 21.1. The van der Waals surface area contributed by atoms with E-state index in [-0.39, 0.29) is 12.4 Å². The molecular formula is C23H26ClN3O4. The summed E-state index contributed by atoms with van der Waals surface area (Å²) in [6.45, 7) is 3.12. The lowest BCUT2D eigenvalue weighted by atomic mass is 9.99. The van der Waals surface area contributed by atoms with Gasteiger partial charge in [-0.15, -0.1) is 12.4 Å². The fraction of sp³-hybridized carbons (Fsp3) is 0.391. The lowest BCUT2D eigenvalue weighted by Crippen LogP contribution is -2.20. The highest BCUT2D eigenvalue weighted by atomic mass is 35.5. The van der Waals surface area contributed by atoms with Gasteiger partial charge in [0.15, 0.2) is 5.56 Å². The van der Waals surface area contributed by atoms with Crippen molar-refractivity contribution in [3.05, 3.63) is 50.9 Å². The summed E-state index contributed by atoms with van der Waals surface area (Å²) in [6, 6.07) is 6.26. The van der Waals surface area contributed by atoms with E-state index in [9.17, 15) is 19.8 Å². The van der Waals surface area contributed by atoms with Crippen molar-refractivity contribution in [3.63, 3.8) is 0 Å². The van der Waals surface area contributed by atoms with Gasteiger partial charge in [0.2, 0.25) is 0 Å². The van der Waals surface area contributed by atoms with E-state index in [1.165, 1.54) is 18.4 Å². The van der Waals surface area contributed by atoms with Crippen LogP contribution < -0.4 is 5.56 Å². The lowest BCUT2D eigenvalue weighted by Gasteiger charge is -2.16. The maximum absolute atomic E-state index is 12.5. The number of aromatic nitrogens is 2. The second kappa shape index (κ2) is 8.05. The molecule has 3 heterocycles. The van der Waals surface area contributed by atoms with Crippen LogP contribution in [0.5, 0.6) is 5.75 Å². The van der Waals surface area contributed by atoms with Crippen LogP contribution in [0.15, 0.2) is 23.0 Å². The van der Waals surface area contributed by atoms with Crippen LogP contribution in [0.1, 0.15) is 46.4 Å². The van der Waals surface area contributed by atoms with Gasteiger partial charge in [-0.05, 0) is 50.8 Å². The number of H-pyrrole nitrogens is 1. The van der Waals surface area contributed by atoms with E-state index in [4.69, 9.17) is 0 Å². The minimum atomic E-state index is -1.41. The van der Waals surface area contributed by atoms with Crippen molar-refractivity contribution < 1.29 is 15.0 Å². The normalized spacial score (nSPS) is 15.9. The topological polar surface area (TPSA) is 98.6 Å². The largest absolute Gasteiger partial charge is 0.506 e. The molecular weight excluding hydrogens is 418 g/mol. The third-order valence-electron chi connectivity index (χ3n) is 6.60. The first-order chi connectivity index (χ1) is 14.5. The summed E-state index contributed by atoms with van der Waals surface area (Å²) in [5.74, 6) is -1.81. The van der Waals surface area contributed by atoms with Crippen LogP contribution in [-0.4, -0.2) is 43.7 Å². The number of nitrogens with zero attached hydrogens (tertiary/aromatic N) is 2. The monoisotopic (exact) mass is 443 g/mol. The van der Waals surface area contributed by atoms with Crippen LogP contribution in [0.3, 0.4) is 0 Å². The Morgan fingerprint density at radius 3 is 2.61 bits per heavy atom. The fourth-order valence-corrected chi connectivity index (χ4v) is 5.24. The SMILES string of the molecule is Cl.Cn1c2c(c3cccc(CN4CCCC4)c31)-c1[nH]c(=O)c(C(=O)O)c(O)c1CCC2. The number of para-hydroxylation sites is 1. The summed E-state index contributed by atoms with van der Waals surface area (Å²) in [5.41, 5.74) is 4.14. The molecule has 1 fully saturated rings. The Morgan fingerprint density at radius 1 is 1.16 bits per heavy atom. The van der Waals surface area contributed by atoms with Crippen LogP contribution in [0.2, 0.25) is 0 Å². The number of carboxylic acids is 1. The predicted molar refractivity (Wildman–Crippen MR) is 121 cm³/mol. The molecule has 3 N–H and O–H groups in total. The number of carboxylic acid groups (broad SMARTS) is 1. The average molecular weight is 444 g/mol.